The fraction of sp³-hybridized carbons (Fsp3) is 0.700. The second-order valence-electron chi connectivity index (χ2n) is 8.22. The average Bonchev–Trinajstić information content (AvgIpc) is 2.48. The van der Waals surface area contributed by atoms with Gasteiger partial charge in [-0.3, -0.25) is 4.90 Å². The van der Waals surface area contributed by atoms with Crippen LogP contribution in [0, 0.1) is 0 Å². The fourth-order valence-corrected chi connectivity index (χ4v) is 3.15. The Bertz CT molecular complexity index is 451. The van der Waals surface area contributed by atoms with Gasteiger partial charge in [-0.05, 0) is 50.1 Å². The highest BCUT2D eigenvalue weighted by Gasteiger charge is 2.17. The molecule has 1 aliphatic heterocycles. The monoisotopic (exact) mass is 317 g/mol. The summed E-state index contributed by atoms with van der Waals surface area (Å²) in [5.41, 5.74) is 3.11. The van der Waals surface area contributed by atoms with Crippen LogP contribution in [0.25, 0.3) is 0 Å². The minimum absolute atomic E-state index is 0.247. The number of rotatable bonds is 6. The first-order chi connectivity index (χ1) is 10.8. The fourth-order valence-electron chi connectivity index (χ4n) is 3.15. The molecule has 0 bridgehead atoms. The molecule has 1 aliphatic rings. The molecule has 1 aromatic rings. The van der Waals surface area contributed by atoms with Crippen LogP contribution in [0.2, 0.25) is 0 Å². The maximum atomic E-state index is 2.61. The van der Waals surface area contributed by atoms with E-state index in [4.69, 9.17) is 0 Å². The van der Waals surface area contributed by atoms with Crippen molar-refractivity contribution in [2.75, 3.05) is 53.4 Å². The lowest BCUT2D eigenvalue weighted by Crippen LogP contribution is -2.46. The lowest BCUT2D eigenvalue weighted by atomic mass is 9.87. The first-order valence-electron chi connectivity index (χ1n) is 9.03. The van der Waals surface area contributed by atoms with Gasteiger partial charge in [-0.2, -0.15) is 0 Å². The Labute approximate surface area is 143 Å². The molecule has 0 N–H and O–H groups in total. The first-order valence-corrected chi connectivity index (χ1v) is 9.03. The predicted octanol–water partition coefficient (Wildman–Crippen LogP) is 3.05. The summed E-state index contributed by atoms with van der Waals surface area (Å²) in [5.74, 6) is 0. The van der Waals surface area contributed by atoms with Crippen LogP contribution >= 0.6 is 0 Å². The highest BCUT2D eigenvalue weighted by atomic mass is 15.3. The Balaban J connectivity index is 1.74. The molecule has 0 aliphatic carbocycles. The Kier molecular flexibility index (Phi) is 6.63. The normalized spacial score (nSPS) is 17.8. The van der Waals surface area contributed by atoms with Crippen molar-refractivity contribution >= 4 is 0 Å². The summed E-state index contributed by atoms with van der Waals surface area (Å²) < 4.78 is 0. The van der Waals surface area contributed by atoms with Gasteiger partial charge >= 0.3 is 0 Å². The molecule has 0 amide bonds. The van der Waals surface area contributed by atoms with E-state index >= 15 is 0 Å². The minimum atomic E-state index is 0.247. The zero-order valence-electron chi connectivity index (χ0n) is 15.8. The van der Waals surface area contributed by atoms with Gasteiger partial charge < -0.3 is 9.80 Å². The van der Waals surface area contributed by atoms with Gasteiger partial charge in [0.05, 0.1) is 0 Å². The predicted molar refractivity (Wildman–Crippen MR) is 100 cm³/mol. The van der Waals surface area contributed by atoms with Gasteiger partial charge in [-0.1, -0.05) is 45.0 Å². The van der Waals surface area contributed by atoms with Crippen LogP contribution in [0.5, 0.6) is 0 Å². The maximum Gasteiger partial charge on any atom is 0.0234 e. The summed E-state index contributed by atoms with van der Waals surface area (Å²) >= 11 is 0. The molecule has 1 saturated heterocycles. The smallest absolute Gasteiger partial charge is 0.0234 e. The Morgan fingerprint density at radius 1 is 0.913 bits per heavy atom. The highest BCUT2D eigenvalue weighted by molar-refractivity contribution is 5.27. The molecular weight excluding hydrogens is 282 g/mol. The van der Waals surface area contributed by atoms with Crippen LogP contribution in [0.1, 0.15) is 38.3 Å². The molecule has 0 atom stereocenters. The molecule has 1 fully saturated rings. The molecule has 2 rings (SSSR count). The van der Waals surface area contributed by atoms with E-state index in [1.54, 1.807) is 0 Å². The number of benzene rings is 1. The van der Waals surface area contributed by atoms with Crippen LogP contribution in [0.3, 0.4) is 0 Å². The first kappa shape index (κ1) is 18.4. The quantitative estimate of drug-likeness (QED) is 0.798. The van der Waals surface area contributed by atoms with Gasteiger partial charge in [0.15, 0.2) is 0 Å². The van der Waals surface area contributed by atoms with E-state index in [-0.39, 0.29) is 5.41 Å². The van der Waals surface area contributed by atoms with E-state index in [2.05, 4.69) is 73.8 Å². The lowest BCUT2D eigenvalue weighted by Gasteiger charge is -2.35. The third-order valence-electron chi connectivity index (χ3n) is 4.77. The SMILES string of the molecule is CN(C)CCCN1CCN(Cc2ccc(C(C)(C)C)cc2)CC1. The second-order valence-corrected chi connectivity index (χ2v) is 8.22. The van der Waals surface area contributed by atoms with Gasteiger partial charge in [-0.25, -0.2) is 0 Å². The molecule has 1 aromatic carbocycles. The van der Waals surface area contributed by atoms with Crippen molar-refractivity contribution in [1.82, 2.24) is 14.7 Å². The van der Waals surface area contributed by atoms with Gasteiger partial charge in [0.2, 0.25) is 0 Å². The molecule has 130 valence electrons. The number of piperazine rings is 1. The van der Waals surface area contributed by atoms with Gasteiger partial charge in [0, 0.05) is 32.7 Å². The van der Waals surface area contributed by atoms with Crippen molar-refractivity contribution in [2.24, 2.45) is 0 Å². The van der Waals surface area contributed by atoms with Crippen LogP contribution in [-0.2, 0) is 12.0 Å². The van der Waals surface area contributed by atoms with Crippen molar-refractivity contribution in [3.63, 3.8) is 0 Å². The molecular formula is C20H35N3. The number of nitrogens with zero attached hydrogens (tertiary/aromatic N) is 3. The van der Waals surface area contributed by atoms with Gasteiger partial charge in [-0.15, -0.1) is 0 Å². The number of hydrogen-bond acceptors (Lipinski definition) is 3. The van der Waals surface area contributed by atoms with Crippen molar-refractivity contribution < 1.29 is 0 Å². The molecule has 1 heterocycles. The molecule has 3 nitrogen and oxygen atoms in total. The summed E-state index contributed by atoms with van der Waals surface area (Å²) in [7, 11) is 4.31. The Morgan fingerprint density at radius 3 is 2.00 bits per heavy atom. The van der Waals surface area contributed by atoms with Crippen LogP contribution in [-0.4, -0.2) is 68.1 Å². The zero-order chi connectivity index (χ0) is 16.9. The lowest BCUT2D eigenvalue weighted by molar-refractivity contribution is 0.124. The molecule has 0 radical (unpaired) electrons. The zero-order valence-corrected chi connectivity index (χ0v) is 15.8. The van der Waals surface area contributed by atoms with Crippen LogP contribution in [0.4, 0.5) is 0 Å². The van der Waals surface area contributed by atoms with Gasteiger partial charge in [0.25, 0.3) is 0 Å². The molecule has 0 spiro atoms. The largest absolute Gasteiger partial charge is 0.309 e. The van der Waals surface area contributed by atoms with E-state index in [0.29, 0.717) is 0 Å². The summed E-state index contributed by atoms with van der Waals surface area (Å²) in [6.07, 6.45) is 1.28. The van der Waals surface area contributed by atoms with Crippen LogP contribution < -0.4 is 0 Å². The van der Waals surface area contributed by atoms with E-state index in [1.807, 2.05) is 0 Å². The third-order valence-corrected chi connectivity index (χ3v) is 4.77. The Morgan fingerprint density at radius 2 is 1.48 bits per heavy atom. The molecule has 23 heavy (non-hydrogen) atoms. The van der Waals surface area contributed by atoms with E-state index in [0.717, 1.165) is 6.54 Å². The number of hydrogen-bond donors (Lipinski definition) is 0. The van der Waals surface area contributed by atoms with Crippen molar-refractivity contribution in [2.45, 2.75) is 39.2 Å². The standard InChI is InChI=1S/C20H35N3/c1-20(2,3)19-9-7-18(8-10-19)17-23-15-13-22(14-16-23)12-6-11-21(4)5/h7-10H,6,11-17H2,1-5H3. The third kappa shape index (κ3) is 6.25. The van der Waals surface area contributed by atoms with Crippen molar-refractivity contribution in [3.05, 3.63) is 35.4 Å². The minimum Gasteiger partial charge on any atom is -0.309 e. The average molecular weight is 318 g/mol. The Hall–Kier alpha value is -0.900. The van der Waals surface area contributed by atoms with Gasteiger partial charge in [0.1, 0.15) is 0 Å². The van der Waals surface area contributed by atoms with Crippen LogP contribution in [0.15, 0.2) is 24.3 Å². The molecule has 0 aromatic heterocycles. The molecule has 3 heteroatoms. The van der Waals surface area contributed by atoms with Crippen molar-refractivity contribution in [1.29, 1.82) is 0 Å². The maximum absolute atomic E-state index is 2.61. The van der Waals surface area contributed by atoms with E-state index in [9.17, 15) is 0 Å². The summed E-state index contributed by atoms with van der Waals surface area (Å²) in [4.78, 5) is 7.48. The van der Waals surface area contributed by atoms with Crippen molar-refractivity contribution in [3.8, 4) is 0 Å². The second kappa shape index (κ2) is 8.27. The summed E-state index contributed by atoms with van der Waals surface area (Å²) in [6.45, 7) is 15.2. The molecule has 0 saturated carbocycles. The topological polar surface area (TPSA) is 9.72 Å². The van der Waals surface area contributed by atoms with E-state index in [1.165, 1.54) is 56.8 Å². The summed E-state index contributed by atoms with van der Waals surface area (Å²) in [6, 6.07) is 9.22. The summed E-state index contributed by atoms with van der Waals surface area (Å²) in [5, 5.41) is 0. The molecule has 0 unspecified atom stereocenters. The highest BCUT2D eigenvalue weighted by Crippen LogP contribution is 2.22. The van der Waals surface area contributed by atoms with E-state index < -0.39 is 0 Å².